The van der Waals surface area contributed by atoms with Gasteiger partial charge in [-0.2, -0.15) is 0 Å². The zero-order valence-corrected chi connectivity index (χ0v) is 12.3. The molecule has 2 aromatic rings. The third-order valence-electron chi connectivity index (χ3n) is 3.88. The van der Waals surface area contributed by atoms with E-state index in [1.807, 2.05) is 43.3 Å². The Morgan fingerprint density at radius 3 is 2.43 bits per heavy atom. The summed E-state index contributed by atoms with van der Waals surface area (Å²) in [6.07, 6.45) is 2.54. The number of rotatable bonds is 3. The van der Waals surface area contributed by atoms with Crippen LogP contribution in [0.15, 0.2) is 48.5 Å². The van der Waals surface area contributed by atoms with Crippen molar-refractivity contribution in [2.75, 3.05) is 23.3 Å². The SMILES string of the molecule is Cc1cccc(C(=O)Nc2ccc(N3CCCC3)cc2)c1. The summed E-state index contributed by atoms with van der Waals surface area (Å²) in [6.45, 7) is 4.26. The van der Waals surface area contributed by atoms with Crippen molar-refractivity contribution in [3.8, 4) is 0 Å². The van der Waals surface area contributed by atoms with E-state index in [9.17, 15) is 4.79 Å². The summed E-state index contributed by atoms with van der Waals surface area (Å²) in [7, 11) is 0. The van der Waals surface area contributed by atoms with Crippen LogP contribution in [-0.4, -0.2) is 19.0 Å². The highest BCUT2D eigenvalue weighted by Crippen LogP contribution is 2.22. The minimum absolute atomic E-state index is 0.0624. The molecule has 3 rings (SSSR count). The molecule has 0 spiro atoms. The van der Waals surface area contributed by atoms with Crippen LogP contribution >= 0.6 is 0 Å². The zero-order chi connectivity index (χ0) is 14.7. The van der Waals surface area contributed by atoms with E-state index in [-0.39, 0.29) is 5.91 Å². The highest BCUT2D eigenvalue weighted by molar-refractivity contribution is 6.04. The molecule has 1 aliphatic heterocycles. The molecule has 0 unspecified atom stereocenters. The topological polar surface area (TPSA) is 32.3 Å². The second-order valence-corrected chi connectivity index (χ2v) is 5.56. The van der Waals surface area contributed by atoms with Gasteiger partial charge in [0, 0.05) is 30.0 Å². The Morgan fingerprint density at radius 2 is 1.76 bits per heavy atom. The minimum atomic E-state index is -0.0624. The summed E-state index contributed by atoms with van der Waals surface area (Å²) in [5.74, 6) is -0.0624. The van der Waals surface area contributed by atoms with Gasteiger partial charge in [-0.1, -0.05) is 17.7 Å². The first-order valence-electron chi connectivity index (χ1n) is 7.45. The quantitative estimate of drug-likeness (QED) is 0.926. The molecule has 1 aliphatic rings. The highest BCUT2D eigenvalue weighted by atomic mass is 16.1. The average Bonchev–Trinajstić information content (AvgIpc) is 3.02. The molecule has 3 heteroatoms. The molecule has 108 valence electrons. The number of carbonyl (C=O) groups excluding carboxylic acids is 1. The van der Waals surface area contributed by atoms with Gasteiger partial charge in [-0.3, -0.25) is 4.79 Å². The van der Waals surface area contributed by atoms with Crippen LogP contribution in [0.25, 0.3) is 0 Å². The molecular weight excluding hydrogens is 260 g/mol. The van der Waals surface area contributed by atoms with Crippen LogP contribution in [0.3, 0.4) is 0 Å². The van der Waals surface area contributed by atoms with E-state index in [4.69, 9.17) is 0 Å². The number of hydrogen-bond acceptors (Lipinski definition) is 2. The molecular formula is C18H20N2O. The molecule has 0 saturated carbocycles. The second kappa shape index (κ2) is 6.00. The lowest BCUT2D eigenvalue weighted by molar-refractivity contribution is 0.102. The molecule has 21 heavy (non-hydrogen) atoms. The zero-order valence-electron chi connectivity index (χ0n) is 12.3. The second-order valence-electron chi connectivity index (χ2n) is 5.56. The number of hydrogen-bond donors (Lipinski definition) is 1. The van der Waals surface area contributed by atoms with Crippen LogP contribution in [-0.2, 0) is 0 Å². The molecule has 0 aliphatic carbocycles. The molecule has 1 amide bonds. The molecule has 1 fully saturated rings. The van der Waals surface area contributed by atoms with E-state index in [1.165, 1.54) is 18.5 Å². The number of nitrogens with zero attached hydrogens (tertiary/aromatic N) is 1. The molecule has 0 atom stereocenters. The Morgan fingerprint density at radius 1 is 1.05 bits per heavy atom. The predicted molar refractivity (Wildman–Crippen MR) is 87.0 cm³/mol. The van der Waals surface area contributed by atoms with Gasteiger partial charge in [0.15, 0.2) is 0 Å². The van der Waals surface area contributed by atoms with Gasteiger partial charge in [0.25, 0.3) is 5.91 Å². The number of carbonyl (C=O) groups is 1. The first-order valence-corrected chi connectivity index (χ1v) is 7.45. The fourth-order valence-electron chi connectivity index (χ4n) is 2.72. The molecule has 0 bridgehead atoms. The van der Waals surface area contributed by atoms with Gasteiger partial charge in [0.1, 0.15) is 0 Å². The molecule has 3 nitrogen and oxygen atoms in total. The molecule has 2 aromatic carbocycles. The van der Waals surface area contributed by atoms with Crippen LogP contribution in [0.2, 0.25) is 0 Å². The van der Waals surface area contributed by atoms with Gasteiger partial charge in [0.05, 0.1) is 0 Å². The summed E-state index contributed by atoms with van der Waals surface area (Å²) in [6, 6.07) is 15.7. The van der Waals surface area contributed by atoms with Gasteiger partial charge < -0.3 is 10.2 Å². The number of amides is 1. The van der Waals surface area contributed by atoms with Gasteiger partial charge in [-0.25, -0.2) is 0 Å². The largest absolute Gasteiger partial charge is 0.372 e. The maximum Gasteiger partial charge on any atom is 0.255 e. The van der Waals surface area contributed by atoms with E-state index >= 15 is 0 Å². The van der Waals surface area contributed by atoms with Crippen LogP contribution in [0.5, 0.6) is 0 Å². The summed E-state index contributed by atoms with van der Waals surface area (Å²) < 4.78 is 0. The third-order valence-corrected chi connectivity index (χ3v) is 3.88. The van der Waals surface area contributed by atoms with E-state index < -0.39 is 0 Å². The summed E-state index contributed by atoms with van der Waals surface area (Å²) in [5, 5.41) is 2.95. The predicted octanol–water partition coefficient (Wildman–Crippen LogP) is 3.85. The number of nitrogens with one attached hydrogen (secondary N) is 1. The summed E-state index contributed by atoms with van der Waals surface area (Å²) in [4.78, 5) is 14.6. The molecule has 0 aromatic heterocycles. The maximum atomic E-state index is 12.2. The van der Waals surface area contributed by atoms with Gasteiger partial charge in [-0.05, 0) is 56.2 Å². The minimum Gasteiger partial charge on any atom is -0.372 e. The Bertz CT molecular complexity index is 628. The highest BCUT2D eigenvalue weighted by Gasteiger charge is 2.12. The maximum absolute atomic E-state index is 12.2. The van der Waals surface area contributed by atoms with E-state index in [0.717, 1.165) is 24.3 Å². The number of benzene rings is 2. The van der Waals surface area contributed by atoms with Crippen molar-refractivity contribution in [1.82, 2.24) is 0 Å². The lowest BCUT2D eigenvalue weighted by Gasteiger charge is -2.17. The monoisotopic (exact) mass is 280 g/mol. The first kappa shape index (κ1) is 13.7. The smallest absolute Gasteiger partial charge is 0.255 e. The van der Waals surface area contributed by atoms with Crippen molar-refractivity contribution in [3.05, 3.63) is 59.7 Å². The summed E-state index contributed by atoms with van der Waals surface area (Å²) in [5.41, 5.74) is 3.86. The lowest BCUT2D eigenvalue weighted by Crippen LogP contribution is -2.17. The Labute approximate surface area is 125 Å². The summed E-state index contributed by atoms with van der Waals surface area (Å²) >= 11 is 0. The Balaban J connectivity index is 1.68. The Kier molecular flexibility index (Phi) is 3.91. The first-order chi connectivity index (χ1) is 10.2. The van der Waals surface area contributed by atoms with Crippen molar-refractivity contribution < 1.29 is 4.79 Å². The standard InChI is InChI=1S/C18H20N2O/c1-14-5-4-6-15(13-14)18(21)19-16-7-9-17(10-8-16)20-11-2-3-12-20/h4-10,13H,2-3,11-12H2,1H3,(H,19,21). The molecule has 1 saturated heterocycles. The number of anilines is 2. The van der Waals surface area contributed by atoms with Gasteiger partial charge in [0.2, 0.25) is 0 Å². The average molecular weight is 280 g/mol. The molecule has 0 radical (unpaired) electrons. The fourth-order valence-corrected chi connectivity index (χ4v) is 2.72. The third kappa shape index (κ3) is 3.24. The fraction of sp³-hybridized carbons (Fsp3) is 0.278. The van der Waals surface area contributed by atoms with Gasteiger partial charge >= 0.3 is 0 Å². The van der Waals surface area contributed by atoms with E-state index in [1.54, 1.807) is 0 Å². The van der Waals surface area contributed by atoms with E-state index in [2.05, 4.69) is 22.3 Å². The molecule has 1 N–H and O–H groups in total. The van der Waals surface area contributed by atoms with Gasteiger partial charge in [-0.15, -0.1) is 0 Å². The van der Waals surface area contributed by atoms with Crippen molar-refractivity contribution in [2.45, 2.75) is 19.8 Å². The Hall–Kier alpha value is -2.29. The van der Waals surface area contributed by atoms with Crippen molar-refractivity contribution in [3.63, 3.8) is 0 Å². The van der Waals surface area contributed by atoms with E-state index in [0.29, 0.717) is 5.56 Å². The normalized spacial score (nSPS) is 14.2. The van der Waals surface area contributed by atoms with Crippen LogP contribution in [0.4, 0.5) is 11.4 Å². The number of aryl methyl sites for hydroxylation is 1. The lowest BCUT2D eigenvalue weighted by atomic mass is 10.1. The van der Waals surface area contributed by atoms with Crippen LogP contribution in [0, 0.1) is 6.92 Å². The van der Waals surface area contributed by atoms with Crippen molar-refractivity contribution in [2.24, 2.45) is 0 Å². The molecule has 1 heterocycles. The van der Waals surface area contributed by atoms with Crippen LogP contribution < -0.4 is 10.2 Å². The van der Waals surface area contributed by atoms with Crippen molar-refractivity contribution >= 4 is 17.3 Å². The van der Waals surface area contributed by atoms with Crippen molar-refractivity contribution in [1.29, 1.82) is 0 Å². The van der Waals surface area contributed by atoms with Crippen LogP contribution in [0.1, 0.15) is 28.8 Å².